The van der Waals surface area contributed by atoms with Crippen LogP contribution in [0, 0.1) is 11.3 Å². The molecule has 0 saturated carbocycles. The van der Waals surface area contributed by atoms with E-state index < -0.39 is 6.43 Å². The van der Waals surface area contributed by atoms with Crippen LogP contribution in [0.3, 0.4) is 0 Å². The third-order valence-corrected chi connectivity index (χ3v) is 2.56. The predicted molar refractivity (Wildman–Crippen MR) is 57.7 cm³/mol. The zero-order valence-corrected chi connectivity index (χ0v) is 10.1. The SMILES string of the molecule is COc1cc(CBr)nc(C(F)F)c1CC#N. The smallest absolute Gasteiger partial charge is 0.280 e. The zero-order chi connectivity index (χ0) is 12.1. The molecule has 16 heavy (non-hydrogen) atoms. The first-order valence-electron chi connectivity index (χ1n) is 4.41. The molecule has 1 aromatic heterocycles. The van der Waals surface area contributed by atoms with E-state index in [1.807, 2.05) is 6.07 Å². The Bertz CT molecular complexity index is 418. The largest absolute Gasteiger partial charge is 0.496 e. The van der Waals surface area contributed by atoms with Crippen molar-refractivity contribution in [3.8, 4) is 11.8 Å². The summed E-state index contributed by atoms with van der Waals surface area (Å²) in [6.45, 7) is 0. The average molecular weight is 291 g/mol. The molecule has 0 spiro atoms. The van der Waals surface area contributed by atoms with Gasteiger partial charge in [-0.15, -0.1) is 0 Å². The van der Waals surface area contributed by atoms with E-state index in [4.69, 9.17) is 10.00 Å². The Labute approximate surface area is 100 Å². The van der Waals surface area contributed by atoms with Gasteiger partial charge in [0.05, 0.1) is 25.3 Å². The van der Waals surface area contributed by atoms with Crippen LogP contribution in [0.25, 0.3) is 0 Å². The molecule has 0 aliphatic rings. The lowest BCUT2D eigenvalue weighted by Crippen LogP contribution is -2.04. The lowest BCUT2D eigenvalue weighted by Gasteiger charge is -2.12. The number of halogens is 3. The van der Waals surface area contributed by atoms with Gasteiger partial charge in [0, 0.05) is 17.0 Å². The molecule has 0 saturated heterocycles. The van der Waals surface area contributed by atoms with E-state index in [0.717, 1.165) is 0 Å². The zero-order valence-electron chi connectivity index (χ0n) is 8.51. The summed E-state index contributed by atoms with van der Waals surface area (Å²) in [4.78, 5) is 3.79. The van der Waals surface area contributed by atoms with Crippen LogP contribution in [0.5, 0.6) is 5.75 Å². The number of hydrogen-bond donors (Lipinski definition) is 0. The number of rotatable bonds is 4. The van der Waals surface area contributed by atoms with Crippen LogP contribution in [0.15, 0.2) is 6.07 Å². The van der Waals surface area contributed by atoms with Gasteiger partial charge in [-0.3, -0.25) is 4.98 Å². The van der Waals surface area contributed by atoms with Gasteiger partial charge in [-0.25, -0.2) is 8.78 Å². The Hall–Kier alpha value is -1.22. The minimum Gasteiger partial charge on any atom is -0.496 e. The van der Waals surface area contributed by atoms with Gasteiger partial charge >= 0.3 is 0 Å². The fraction of sp³-hybridized carbons (Fsp3) is 0.400. The summed E-state index contributed by atoms with van der Waals surface area (Å²) < 4.78 is 30.5. The Balaban J connectivity index is 3.36. The maximum atomic E-state index is 12.7. The molecular weight excluding hydrogens is 282 g/mol. The van der Waals surface area contributed by atoms with E-state index in [9.17, 15) is 8.78 Å². The van der Waals surface area contributed by atoms with Crippen molar-refractivity contribution in [2.75, 3.05) is 7.11 Å². The van der Waals surface area contributed by atoms with Crippen molar-refractivity contribution < 1.29 is 13.5 Å². The lowest BCUT2D eigenvalue weighted by atomic mass is 10.1. The van der Waals surface area contributed by atoms with E-state index in [0.29, 0.717) is 11.0 Å². The van der Waals surface area contributed by atoms with E-state index in [-0.39, 0.29) is 23.4 Å². The van der Waals surface area contributed by atoms with Crippen LogP contribution in [0.4, 0.5) is 8.78 Å². The standard InChI is InChI=1S/C10H9BrF2N2O/c1-16-8-4-6(5-11)15-9(10(12)13)7(8)2-3-14/h4,10H,2,5H2,1H3. The maximum Gasteiger partial charge on any atom is 0.280 e. The van der Waals surface area contributed by atoms with E-state index >= 15 is 0 Å². The highest BCUT2D eigenvalue weighted by atomic mass is 79.9. The molecule has 1 rings (SSSR count). The molecule has 1 heterocycles. The number of nitrogens with zero attached hydrogens (tertiary/aromatic N) is 2. The topological polar surface area (TPSA) is 45.9 Å². The molecule has 0 aliphatic heterocycles. The van der Waals surface area contributed by atoms with Gasteiger partial charge in [0.2, 0.25) is 0 Å². The van der Waals surface area contributed by atoms with Crippen LogP contribution < -0.4 is 4.74 Å². The van der Waals surface area contributed by atoms with Crippen molar-refractivity contribution in [1.29, 1.82) is 5.26 Å². The van der Waals surface area contributed by atoms with Crippen molar-refractivity contribution in [2.45, 2.75) is 18.2 Å². The molecule has 1 aromatic rings. The molecule has 0 amide bonds. The molecule has 6 heteroatoms. The Kier molecular flexibility index (Phi) is 4.62. The van der Waals surface area contributed by atoms with Gasteiger partial charge in [-0.05, 0) is 0 Å². The molecule has 3 nitrogen and oxygen atoms in total. The number of ether oxygens (including phenoxy) is 1. The summed E-state index contributed by atoms with van der Waals surface area (Å²) in [5.74, 6) is 0.279. The molecule has 0 aromatic carbocycles. The third-order valence-electron chi connectivity index (χ3n) is 1.99. The van der Waals surface area contributed by atoms with Gasteiger partial charge in [0.25, 0.3) is 6.43 Å². The molecule has 0 radical (unpaired) electrons. The van der Waals surface area contributed by atoms with Crippen LogP contribution in [0.1, 0.15) is 23.4 Å². The monoisotopic (exact) mass is 290 g/mol. The summed E-state index contributed by atoms with van der Waals surface area (Å²) in [6, 6.07) is 3.38. The van der Waals surface area contributed by atoms with E-state index in [1.165, 1.54) is 7.11 Å². The summed E-state index contributed by atoms with van der Waals surface area (Å²) in [6.07, 6.45) is -2.85. The fourth-order valence-electron chi connectivity index (χ4n) is 1.31. The minimum absolute atomic E-state index is 0.140. The van der Waals surface area contributed by atoms with Gasteiger partial charge in [0.1, 0.15) is 11.4 Å². The van der Waals surface area contributed by atoms with Crippen molar-refractivity contribution in [3.05, 3.63) is 23.0 Å². The van der Waals surface area contributed by atoms with Gasteiger partial charge in [-0.2, -0.15) is 5.26 Å². The van der Waals surface area contributed by atoms with Gasteiger partial charge in [0.15, 0.2) is 0 Å². The molecule has 0 atom stereocenters. The average Bonchev–Trinajstić information content (AvgIpc) is 2.29. The Morgan fingerprint density at radius 1 is 1.62 bits per heavy atom. The van der Waals surface area contributed by atoms with Gasteiger partial charge < -0.3 is 4.74 Å². The molecule has 0 N–H and O–H groups in total. The molecule has 0 bridgehead atoms. The third kappa shape index (κ3) is 2.67. The summed E-state index contributed by atoms with van der Waals surface area (Å²) >= 11 is 3.14. The highest BCUT2D eigenvalue weighted by Crippen LogP contribution is 2.30. The quantitative estimate of drug-likeness (QED) is 0.801. The first-order valence-corrected chi connectivity index (χ1v) is 5.54. The number of aromatic nitrogens is 1. The van der Waals surface area contributed by atoms with Crippen molar-refractivity contribution >= 4 is 15.9 Å². The summed E-state index contributed by atoms with van der Waals surface area (Å²) in [5, 5.41) is 8.94. The molecule has 0 unspecified atom stereocenters. The van der Waals surface area contributed by atoms with Crippen molar-refractivity contribution in [2.24, 2.45) is 0 Å². The van der Waals surface area contributed by atoms with E-state index in [2.05, 4.69) is 20.9 Å². The van der Waals surface area contributed by atoms with Crippen molar-refractivity contribution in [3.63, 3.8) is 0 Å². The first kappa shape index (κ1) is 12.8. The van der Waals surface area contributed by atoms with E-state index in [1.54, 1.807) is 6.07 Å². The number of alkyl halides is 3. The van der Waals surface area contributed by atoms with Crippen LogP contribution >= 0.6 is 15.9 Å². The predicted octanol–water partition coefficient (Wildman–Crippen LogP) is 2.99. The molecule has 0 fully saturated rings. The van der Waals surface area contributed by atoms with Crippen LogP contribution in [-0.2, 0) is 11.8 Å². The fourth-order valence-corrected chi connectivity index (χ4v) is 1.59. The normalized spacial score (nSPS) is 10.2. The second-order valence-corrected chi connectivity index (χ2v) is 3.51. The maximum absolute atomic E-state index is 12.7. The summed E-state index contributed by atoms with van der Waals surface area (Å²) in [5.41, 5.74) is 0.230. The minimum atomic E-state index is -2.71. The highest BCUT2D eigenvalue weighted by Gasteiger charge is 2.20. The van der Waals surface area contributed by atoms with Crippen LogP contribution in [-0.4, -0.2) is 12.1 Å². The van der Waals surface area contributed by atoms with Crippen molar-refractivity contribution in [1.82, 2.24) is 4.98 Å². The summed E-state index contributed by atoms with van der Waals surface area (Å²) in [7, 11) is 1.38. The molecule has 0 aliphatic carbocycles. The van der Waals surface area contributed by atoms with Gasteiger partial charge in [-0.1, -0.05) is 15.9 Å². The molecular formula is C10H9BrF2N2O. The number of pyridine rings is 1. The second-order valence-electron chi connectivity index (χ2n) is 2.95. The Morgan fingerprint density at radius 3 is 2.75 bits per heavy atom. The van der Waals surface area contributed by atoms with Crippen LogP contribution in [0.2, 0.25) is 0 Å². The Morgan fingerprint density at radius 2 is 2.31 bits per heavy atom. The molecule has 86 valence electrons. The number of hydrogen-bond acceptors (Lipinski definition) is 3. The second kappa shape index (κ2) is 5.75. The first-order chi connectivity index (χ1) is 7.63. The number of methoxy groups -OCH3 is 1. The lowest BCUT2D eigenvalue weighted by molar-refractivity contribution is 0.144. The highest BCUT2D eigenvalue weighted by molar-refractivity contribution is 9.08. The number of nitriles is 1.